The van der Waals surface area contributed by atoms with Crippen LogP contribution in [0.5, 0.6) is 0 Å². The van der Waals surface area contributed by atoms with Crippen LogP contribution >= 0.6 is 0 Å². The number of likely N-dealkylation sites (tertiary alicyclic amines) is 1. The maximum absolute atomic E-state index is 4.29. The molecule has 136 valence electrons. The smallest absolute Gasteiger partial charge is 0.0141 e. The van der Waals surface area contributed by atoms with E-state index in [0.717, 1.165) is 31.8 Å². The number of hydrogen-bond acceptors (Lipinski definition) is 2. The molecule has 0 radical (unpaired) electrons. The van der Waals surface area contributed by atoms with Gasteiger partial charge in [-0.05, 0) is 52.0 Å². The molecule has 3 atom stereocenters. The van der Waals surface area contributed by atoms with Gasteiger partial charge in [0.05, 0.1) is 0 Å². The lowest BCUT2D eigenvalue weighted by molar-refractivity contribution is 0.130. The summed E-state index contributed by atoms with van der Waals surface area (Å²) in [6.45, 7) is 16.5. The van der Waals surface area contributed by atoms with Crippen LogP contribution in [0.15, 0.2) is 48.2 Å². The number of rotatable bonds is 9. The average Bonchev–Trinajstić information content (AvgIpc) is 2.57. The van der Waals surface area contributed by atoms with Gasteiger partial charge in [-0.1, -0.05) is 56.4 Å². The molecule has 0 amide bonds. The lowest BCUT2D eigenvalue weighted by Crippen LogP contribution is -2.42. The number of nitrogens with one attached hydrogen (secondary N) is 1. The standard InChI is InChI=1S/C22H38N2/c1-7-9-10-11-18(3)12-13-19(4)21-15-22(17-24(6)16-21)20(5)23-14-8-2/h7,9-12,19,21-23H,5,8,13-17H2,1-4,6H3/b9-7-,11-10-,18-12+. The van der Waals surface area contributed by atoms with E-state index in [0.29, 0.717) is 11.8 Å². The van der Waals surface area contributed by atoms with Gasteiger partial charge in [0.15, 0.2) is 0 Å². The number of piperidine rings is 1. The zero-order valence-electron chi connectivity index (χ0n) is 16.5. The molecule has 2 heteroatoms. The largest absolute Gasteiger partial charge is 0.389 e. The van der Waals surface area contributed by atoms with Crippen molar-refractivity contribution in [1.29, 1.82) is 0 Å². The molecule has 1 saturated heterocycles. The maximum atomic E-state index is 4.29. The first kappa shape index (κ1) is 20.8. The molecule has 2 nitrogen and oxygen atoms in total. The Morgan fingerprint density at radius 1 is 1.33 bits per heavy atom. The molecule has 0 aromatic rings. The first-order chi connectivity index (χ1) is 11.5. The topological polar surface area (TPSA) is 15.3 Å². The van der Waals surface area contributed by atoms with Crippen molar-refractivity contribution in [2.45, 2.75) is 47.0 Å². The fourth-order valence-corrected chi connectivity index (χ4v) is 3.41. The van der Waals surface area contributed by atoms with Gasteiger partial charge in [0, 0.05) is 31.2 Å². The van der Waals surface area contributed by atoms with Gasteiger partial charge in [0.1, 0.15) is 0 Å². The van der Waals surface area contributed by atoms with Gasteiger partial charge in [0.25, 0.3) is 0 Å². The molecule has 1 fully saturated rings. The molecule has 1 aliphatic heterocycles. The van der Waals surface area contributed by atoms with Crippen molar-refractivity contribution in [1.82, 2.24) is 10.2 Å². The van der Waals surface area contributed by atoms with Crippen LogP contribution in [0.1, 0.15) is 47.0 Å². The molecule has 0 aliphatic carbocycles. The van der Waals surface area contributed by atoms with Gasteiger partial charge in [-0.2, -0.15) is 0 Å². The molecule has 1 N–H and O–H groups in total. The molecular weight excluding hydrogens is 292 g/mol. The van der Waals surface area contributed by atoms with Crippen molar-refractivity contribution in [2.24, 2.45) is 17.8 Å². The highest BCUT2D eigenvalue weighted by Crippen LogP contribution is 2.31. The van der Waals surface area contributed by atoms with Gasteiger partial charge in [-0.3, -0.25) is 0 Å². The molecule has 1 aliphatic rings. The lowest BCUT2D eigenvalue weighted by atomic mass is 9.79. The summed E-state index contributed by atoms with van der Waals surface area (Å²) in [5.41, 5.74) is 2.59. The van der Waals surface area contributed by atoms with E-state index < -0.39 is 0 Å². The van der Waals surface area contributed by atoms with Crippen LogP contribution in [0.2, 0.25) is 0 Å². The Morgan fingerprint density at radius 2 is 2.08 bits per heavy atom. The Morgan fingerprint density at radius 3 is 2.75 bits per heavy atom. The summed E-state index contributed by atoms with van der Waals surface area (Å²) in [6.07, 6.45) is 14.4. The minimum absolute atomic E-state index is 0.586. The molecular formula is C22H38N2. The third-order valence-electron chi connectivity index (χ3n) is 5.04. The van der Waals surface area contributed by atoms with Crippen LogP contribution in [0.4, 0.5) is 0 Å². The van der Waals surface area contributed by atoms with Crippen molar-refractivity contribution in [3.63, 3.8) is 0 Å². The Hall–Kier alpha value is -1.28. The van der Waals surface area contributed by atoms with Gasteiger partial charge in [-0.15, -0.1) is 0 Å². The van der Waals surface area contributed by atoms with E-state index >= 15 is 0 Å². The van der Waals surface area contributed by atoms with E-state index in [2.05, 4.69) is 75.0 Å². The second kappa shape index (κ2) is 11.3. The van der Waals surface area contributed by atoms with Crippen LogP contribution < -0.4 is 5.32 Å². The minimum Gasteiger partial charge on any atom is -0.389 e. The Kier molecular flexibility index (Phi) is 9.78. The summed E-state index contributed by atoms with van der Waals surface area (Å²) in [4.78, 5) is 2.48. The highest BCUT2D eigenvalue weighted by Gasteiger charge is 2.29. The second-order valence-electron chi connectivity index (χ2n) is 7.41. The van der Waals surface area contributed by atoms with Crippen molar-refractivity contribution < 1.29 is 0 Å². The average molecular weight is 331 g/mol. The van der Waals surface area contributed by atoms with Crippen molar-refractivity contribution in [2.75, 3.05) is 26.7 Å². The third kappa shape index (κ3) is 7.53. The van der Waals surface area contributed by atoms with Gasteiger partial charge in [0.2, 0.25) is 0 Å². The minimum atomic E-state index is 0.586. The van der Waals surface area contributed by atoms with Crippen LogP contribution in [-0.4, -0.2) is 31.6 Å². The SMILES string of the molecule is C=C(NCCC)C1CC(C(C)C/C=C(C)/C=C\C=C/C)CN(C)C1. The van der Waals surface area contributed by atoms with Crippen LogP contribution in [0.3, 0.4) is 0 Å². The summed E-state index contributed by atoms with van der Waals surface area (Å²) in [5, 5.41) is 3.51. The maximum Gasteiger partial charge on any atom is 0.0141 e. The molecule has 0 aromatic heterocycles. The van der Waals surface area contributed by atoms with Crippen LogP contribution in [0.25, 0.3) is 0 Å². The van der Waals surface area contributed by atoms with Crippen molar-refractivity contribution in [3.8, 4) is 0 Å². The molecule has 1 rings (SSSR count). The Bertz CT molecular complexity index is 459. The molecule has 0 spiro atoms. The van der Waals surface area contributed by atoms with Gasteiger partial charge in [-0.25, -0.2) is 0 Å². The fraction of sp³-hybridized carbons (Fsp3) is 0.636. The second-order valence-corrected chi connectivity index (χ2v) is 7.41. The normalized spacial score (nSPS) is 24.6. The van der Waals surface area contributed by atoms with E-state index in [9.17, 15) is 0 Å². The molecule has 24 heavy (non-hydrogen) atoms. The first-order valence-corrected chi connectivity index (χ1v) is 9.55. The molecule has 1 heterocycles. The number of nitrogens with zero attached hydrogens (tertiary/aromatic N) is 1. The zero-order valence-corrected chi connectivity index (χ0v) is 16.5. The predicted octanol–water partition coefficient (Wildman–Crippen LogP) is 5.17. The predicted molar refractivity (Wildman–Crippen MR) is 108 cm³/mol. The molecule has 0 saturated carbocycles. The molecule has 0 aromatic carbocycles. The van der Waals surface area contributed by atoms with Crippen LogP contribution in [-0.2, 0) is 0 Å². The first-order valence-electron chi connectivity index (χ1n) is 9.55. The number of allylic oxidation sites excluding steroid dienone is 6. The van der Waals surface area contributed by atoms with E-state index in [4.69, 9.17) is 0 Å². The van der Waals surface area contributed by atoms with E-state index in [1.54, 1.807) is 0 Å². The highest BCUT2D eigenvalue weighted by atomic mass is 15.1. The van der Waals surface area contributed by atoms with Crippen LogP contribution in [0, 0.1) is 17.8 Å². The highest BCUT2D eigenvalue weighted by molar-refractivity contribution is 5.20. The lowest BCUT2D eigenvalue weighted by Gasteiger charge is -2.39. The molecule has 3 unspecified atom stereocenters. The molecule has 0 bridgehead atoms. The summed E-state index contributed by atoms with van der Waals surface area (Å²) >= 11 is 0. The summed E-state index contributed by atoms with van der Waals surface area (Å²) in [7, 11) is 2.25. The van der Waals surface area contributed by atoms with Crippen molar-refractivity contribution in [3.05, 3.63) is 48.2 Å². The summed E-state index contributed by atoms with van der Waals surface area (Å²) < 4.78 is 0. The zero-order chi connectivity index (χ0) is 17.9. The Labute approximate surface area is 150 Å². The van der Waals surface area contributed by atoms with Gasteiger partial charge >= 0.3 is 0 Å². The van der Waals surface area contributed by atoms with E-state index in [-0.39, 0.29) is 0 Å². The van der Waals surface area contributed by atoms with Crippen molar-refractivity contribution >= 4 is 0 Å². The quantitative estimate of drug-likeness (QED) is 0.587. The van der Waals surface area contributed by atoms with E-state index in [1.165, 1.54) is 24.2 Å². The Balaban J connectivity index is 2.57. The summed E-state index contributed by atoms with van der Waals surface area (Å²) in [6, 6.07) is 0. The van der Waals surface area contributed by atoms with E-state index in [1.807, 2.05) is 6.92 Å². The fourth-order valence-electron chi connectivity index (χ4n) is 3.41. The summed E-state index contributed by atoms with van der Waals surface area (Å²) in [5.74, 6) is 2.04. The van der Waals surface area contributed by atoms with Gasteiger partial charge < -0.3 is 10.2 Å². The number of hydrogen-bond donors (Lipinski definition) is 1. The third-order valence-corrected chi connectivity index (χ3v) is 5.04. The monoisotopic (exact) mass is 330 g/mol.